The zero-order chi connectivity index (χ0) is 18.8. The van der Waals surface area contributed by atoms with Gasteiger partial charge < -0.3 is 10.0 Å². The lowest BCUT2D eigenvalue weighted by Crippen LogP contribution is -2.54. The fourth-order valence-corrected chi connectivity index (χ4v) is 3.76. The number of piperazine rings is 1. The highest BCUT2D eigenvalue weighted by atomic mass is 35.5. The summed E-state index contributed by atoms with van der Waals surface area (Å²) in [4.78, 5) is 19.8. The molecule has 3 rings (SSSR count). The molecule has 1 fully saturated rings. The fourth-order valence-electron chi connectivity index (χ4n) is 3.60. The summed E-state index contributed by atoms with van der Waals surface area (Å²) in [6, 6.07) is 7.10. The molecule has 1 N–H and O–H groups in total. The van der Waals surface area contributed by atoms with Crippen LogP contribution in [-0.4, -0.2) is 58.2 Å². The first-order valence-electron chi connectivity index (χ1n) is 8.80. The van der Waals surface area contributed by atoms with Crippen LogP contribution in [0.15, 0.2) is 24.3 Å². The van der Waals surface area contributed by atoms with E-state index in [4.69, 9.17) is 11.6 Å². The van der Waals surface area contributed by atoms with Crippen LogP contribution in [0.3, 0.4) is 0 Å². The van der Waals surface area contributed by atoms with Crippen LogP contribution in [-0.2, 0) is 0 Å². The average molecular weight is 379 g/mol. The van der Waals surface area contributed by atoms with E-state index in [1.54, 1.807) is 13.0 Å². The highest BCUT2D eigenvalue weighted by molar-refractivity contribution is 6.29. The molecule has 1 saturated heterocycles. The third kappa shape index (κ3) is 3.90. The smallest absolute Gasteiger partial charge is 0.294 e. The van der Waals surface area contributed by atoms with Crippen molar-refractivity contribution < 1.29 is 10.0 Å². The molecular weight excluding hydrogens is 356 g/mol. The number of aliphatic hydroxyl groups is 1. The minimum absolute atomic E-state index is 0.0473. The van der Waals surface area contributed by atoms with Gasteiger partial charge in [0, 0.05) is 43.7 Å². The van der Waals surface area contributed by atoms with Crippen molar-refractivity contribution in [1.29, 1.82) is 0 Å². The van der Waals surface area contributed by atoms with Crippen LogP contribution in [0.5, 0.6) is 0 Å². The molecule has 2 aromatic rings. The van der Waals surface area contributed by atoms with Crippen LogP contribution in [0.25, 0.3) is 10.9 Å². The van der Waals surface area contributed by atoms with E-state index in [9.17, 15) is 15.2 Å². The molecule has 8 heteroatoms. The van der Waals surface area contributed by atoms with Crippen molar-refractivity contribution in [3.05, 3.63) is 39.5 Å². The Labute approximate surface area is 157 Å². The number of benzene rings is 1. The van der Waals surface area contributed by atoms with Crippen LogP contribution >= 0.6 is 11.6 Å². The maximum atomic E-state index is 11.6. The monoisotopic (exact) mass is 378 g/mol. The van der Waals surface area contributed by atoms with Crippen LogP contribution in [0.4, 0.5) is 11.4 Å². The van der Waals surface area contributed by atoms with Crippen LogP contribution in [0.2, 0.25) is 5.15 Å². The number of nitro benzene ring substituents is 1. The van der Waals surface area contributed by atoms with Gasteiger partial charge in [-0.15, -0.1) is 0 Å². The number of pyridine rings is 1. The highest BCUT2D eigenvalue weighted by Gasteiger charge is 2.30. The Bertz CT molecular complexity index is 814. The van der Waals surface area contributed by atoms with Gasteiger partial charge in [0.1, 0.15) is 10.8 Å². The van der Waals surface area contributed by atoms with Crippen molar-refractivity contribution >= 4 is 33.9 Å². The van der Waals surface area contributed by atoms with Crippen molar-refractivity contribution in [2.24, 2.45) is 0 Å². The summed E-state index contributed by atoms with van der Waals surface area (Å²) >= 11 is 5.92. The molecule has 0 aliphatic carbocycles. The molecule has 0 unspecified atom stereocenters. The molecule has 1 aromatic carbocycles. The molecule has 2 heterocycles. The van der Waals surface area contributed by atoms with Gasteiger partial charge in [-0.05, 0) is 31.5 Å². The van der Waals surface area contributed by atoms with Crippen molar-refractivity contribution in [3.63, 3.8) is 0 Å². The minimum Gasteiger partial charge on any atom is -0.392 e. The number of aliphatic hydroxyl groups excluding tert-OH is 1. The number of rotatable bonds is 5. The van der Waals surface area contributed by atoms with Crippen LogP contribution < -0.4 is 4.90 Å². The lowest BCUT2D eigenvalue weighted by molar-refractivity contribution is -0.384. The van der Waals surface area contributed by atoms with Crippen molar-refractivity contribution in [2.75, 3.05) is 31.1 Å². The first-order chi connectivity index (χ1) is 12.4. The molecule has 1 aliphatic rings. The third-order valence-electron chi connectivity index (χ3n) is 4.86. The van der Waals surface area contributed by atoms with Gasteiger partial charge in [0.05, 0.1) is 16.5 Å². The summed E-state index contributed by atoms with van der Waals surface area (Å²) in [5.41, 5.74) is 1.18. The van der Waals surface area contributed by atoms with E-state index in [1.807, 2.05) is 12.1 Å². The lowest BCUT2D eigenvalue weighted by Gasteiger charge is -2.42. The molecule has 26 heavy (non-hydrogen) atoms. The SMILES string of the molecule is CC[C@@H]1CN(c2cc3ccc(Cl)nc3cc2[N+](=O)[O-])CCN1C[C@@H](C)O. The van der Waals surface area contributed by atoms with Gasteiger partial charge in [0.15, 0.2) is 0 Å². The Morgan fingerprint density at radius 3 is 2.85 bits per heavy atom. The van der Waals surface area contributed by atoms with E-state index in [-0.39, 0.29) is 22.8 Å². The lowest BCUT2D eigenvalue weighted by atomic mass is 10.1. The van der Waals surface area contributed by atoms with Crippen LogP contribution in [0.1, 0.15) is 20.3 Å². The molecule has 1 aromatic heterocycles. The van der Waals surface area contributed by atoms with Gasteiger partial charge in [0.2, 0.25) is 0 Å². The van der Waals surface area contributed by atoms with E-state index in [0.717, 1.165) is 18.4 Å². The molecule has 7 nitrogen and oxygen atoms in total. The Morgan fingerprint density at radius 2 is 2.19 bits per heavy atom. The van der Waals surface area contributed by atoms with E-state index < -0.39 is 0 Å². The number of β-amino-alcohol motifs (C(OH)–C–C–N with tert-alkyl or cyclic N) is 1. The van der Waals surface area contributed by atoms with Gasteiger partial charge in [-0.1, -0.05) is 18.5 Å². The molecule has 0 spiro atoms. The minimum atomic E-state index is -0.388. The molecule has 0 bridgehead atoms. The van der Waals surface area contributed by atoms with Gasteiger partial charge >= 0.3 is 0 Å². The molecule has 2 atom stereocenters. The van der Waals surface area contributed by atoms with E-state index in [2.05, 4.69) is 21.7 Å². The van der Waals surface area contributed by atoms with Crippen molar-refractivity contribution in [3.8, 4) is 0 Å². The number of aromatic nitrogens is 1. The Morgan fingerprint density at radius 1 is 1.42 bits per heavy atom. The standard InChI is InChI=1S/C18H23ClN4O3/c1-3-14-11-22(7-6-21(14)10-12(2)24)16-8-13-4-5-18(19)20-15(13)9-17(16)23(25)26/h4-5,8-9,12,14,24H,3,6-7,10-11H2,1-2H3/t12-,14-/m1/s1. The van der Waals surface area contributed by atoms with E-state index in [1.165, 1.54) is 6.07 Å². The summed E-state index contributed by atoms with van der Waals surface area (Å²) in [5, 5.41) is 22.5. The Balaban J connectivity index is 1.95. The van der Waals surface area contributed by atoms with Gasteiger partial charge in [-0.3, -0.25) is 15.0 Å². The first-order valence-corrected chi connectivity index (χ1v) is 9.18. The second-order valence-electron chi connectivity index (χ2n) is 6.78. The Kier molecular flexibility index (Phi) is 5.60. The zero-order valence-corrected chi connectivity index (χ0v) is 15.7. The summed E-state index contributed by atoms with van der Waals surface area (Å²) < 4.78 is 0. The second kappa shape index (κ2) is 7.73. The zero-order valence-electron chi connectivity index (χ0n) is 14.9. The normalized spacial score (nSPS) is 19.7. The van der Waals surface area contributed by atoms with Gasteiger partial charge in [-0.25, -0.2) is 4.98 Å². The molecule has 0 saturated carbocycles. The van der Waals surface area contributed by atoms with Gasteiger partial charge in [0.25, 0.3) is 5.69 Å². The summed E-state index contributed by atoms with van der Waals surface area (Å²) in [6.07, 6.45) is 0.531. The molecule has 140 valence electrons. The summed E-state index contributed by atoms with van der Waals surface area (Å²) in [7, 11) is 0. The van der Waals surface area contributed by atoms with E-state index in [0.29, 0.717) is 36.0 Å². The molecule has 0 radical (unpaired) electrons. The average Bonchev–Trinajstić information content (AvgIpc) is 2.60. The second-order valence-corrected chi connectivity index (χ2v) is 7.16. The number of nitro groups is 1. The highest BCUT2D eigenvalue weighted by Crippen LogP contribution is 2.34. The number of nitrogens with zero attached hydrogens (tertiary/aromatic N) is 4. The van der Waals surface area contributed by atoms with Crippen molar-refractivity contribution in [1.82, 2.24) is 9.88 Å². The van der Waals surface area contributed by atoms with Crippen LogP contribution in [0, 0.1) is 10.1 Å². The summed E-state index contributed by atoms with van der Waals surface area (Å²) in [5.74, 6) is 0. The van der Waals surface area contributed by atoms with Crippen molar-refractivity contribution in [2.45, 2.75) is 32.4 Å². The Hall–Kier alpha value is -1.96. The maximum Gasteiger partial charge on any atom is 0.294 e. The number of fused-ring (bicyclic) bond motifs is 1. The first kappa shape index (κ1) is 18.8. The molecule has 1 aliphatic heterocycles. The maximum absolute atomic E-state index is 11.6. The number of hydrogen-bond acceptors (Lipinski definition) is 6. The fraction of sp³-hybridized carbons (Fsp3) is 0.500. The number of hydrogen-bond donors (Lipinski definition) is 1. The quantitative estimate of drug-likeness (QED) is 0.489. The largest absolute Gasteiger partial charge is 0.392 e. The predicted octanol–water partition coefficient (Wildman–Crippen LogP) is 3.08. The van der Waals surface area contributed by atoms with E-state index >= 15 is 0 Å². The number of halogens is 1. The molecule has 0 amide bonds. The summed E-state index contributed by atoms with van der Waals surface area (Å²) in [6.45, 7) is 6.63. The van der Waals surface area contributed by atoms with Gasteiger partial charge in [-0.2, -0.15) is 0 Å². The number of anilines is 1. The predicted molar refractivity (Wildman–Crippen MR) is 103 cm³/mol. The molecular formula is C18H23ClN4O3. The third-order valence-corrected chi connectivity index (χ3v) is 5.07. The topological polar surface area (TPSA) is 82.7 Å².